The van der Waals surface area contributed by atoms with Crippen molar-refractivity contribution in [2.45, 2.75) is 26.2 Å². The molecule has 0 amide bonds. The van der Waals surface area contributed by atoms with Crippen LogP contribution in [0.1, 0.15) is 47.9 Å². The Hall–Kier alpha value is -5.08. The molecule has 4 aromatic carbocycles. The molecule has 0 saturated carbocycles. The van der Waals surface area contributed by atoms with Crippen molar-refractivity contribution in [1.82, 2.24) is 14.2 Å². The number of halogens is 1. The average Bonchev–Trinajstić information content (AvgIpc) is 3.47. The van der Waals surface area contributed by atoms with Gasteiger partial charge in [0.05, 0.1) is 41.2 Å². The molecule has 224 valence electrons. The van der Waals surface area contributed by atoms with Gasteiger partial charge in [0.25, 0.3) is 5.56 Å². The zero-order valence-electron chi connectivity index (χ0n) is 25.1. The van der Waals surface area contributed by atoms with E-state index in [1.165, 1.54) is 11.8 Å². The minimum absolute atomic E-state index is 0.00861. The van der Waals surface area contributed by atoms with Crippen LogP contribution in [0.15, 0.2) is 124 Å². The molecule has 7 nitrogen and oxygen atoms in total. The number of methoxy groups -OCH3 is 1. The molecule has 0 radical (unpaired) electrons. The van der Waals surface area contributed by atoms with Crippen LogP contribution in [0.3, 0.4) is 0 Å². The Kier molecular flexibility index (Phi) is 8.58. The highest BCUT2D eigenvalue weighted by atomic mass is 79.9. The number of aromatic nitrogens is 3. The van der Waals surface area contributed by atoms with E-state index >= 15 is 0 Å². The maximum Gasteiger partial charge on any atom is 0.337 e. The number of hydrogen-bond donors (Lipinski definition) is 0. The van der Waals surface area contributed by atoms with Gasteiger partial charge in [-0.2, -0.15) is 9.78 Å². The number of benzene rings is 4. The summed E-state index contributed by atoms with van der Waals surface area (Å²) in [6.07, 6.45) is 2.54. The second-order valence-electron chi connectivity index (χ2n) is 10.7. The summed E-state index contributed by atoms with van der Waals surface area (Å²) in [6, 6.07) is 35.1. The fourth-order valence-electron chi connectivity index (χ4n) is 5.37. The third kappa shape index (κ3) is 5.89. The minimum Gasteiger partial charge on any atom is -0.465 e. The summed E-state index contributed by atoms with van der Waals surface area (Å²) in [7, 11) is 1.37. The SMILES string of the molecule is CC[C@H](C)c1nc2ccc(Br)cc2c(=O)n1N=Cc1cc(-c2ccccc2)n(-c2ccc(C(=O)OC)cc2)c1-c1ccccc1. The van der Waals surface area contributed by atoms with Gasteiger partial charge in [0.1, 0.15) is 5.82 Å². The number of ether oxygens (including phenoxy) is 1. The van der Waals surface area contributed by atoms with E-state index in [0.717, 1.165) is 44.7 Å². The summed E-state index contributed by atoms with van der Waals surface area (Å²) in [6.45, 7) is 4.12. The molecule has 6 aromatic rings. The second-order valence-corrected chi connectivity index (χ2v) is 11.7. The lowest BCUT2D eigenvalue weighted by Crippen LogP contribution is -2.23. The van der Waals surface area contributed by atoms with Crippen molar-refractivity contribution in [3.8, 4) is 28.2 Å². The Bertz CT molecular complexity index is 2080. The molecular formula is C37H31BrN4O3. The van der Waals surface area contributed by atoms with Gasteiger partial charge in [0.15, 0.2) is 0 Å². The fraction of sp³-hybridized carbons (Fsp3) is 0.135. The normalized spacial score (nSPS) is 12.1. The Morgan fingerprint density at radius 3 is 2.24 bits per heavy atom. The van der Waals surface area contributed by atoms with Crippen LogP contribution in [-0.4, -0.2) is 33.5 Å². The van der Waals surface area contributed by atoms with Gasteiger partial charge in [-0.15, -0.1) is 0 Å². The lowest BCUT2D eigenvalue weighted by Gasteiger charge is -2.16. The summed E-state index contributed by atoms with van der Waals surface area (Å²) in [5.41, 5.74) is 6.33. The van der Waals surface area contributed by atoms with E-state index in [-0.39, 0.29) is 11.5 Å². The molecule has 0 aliphatic rings. The molecule has 0 aliphatic heterocycles. The molecule has 2 aromatic heterocycles. The van der Waals surface area contributed by atoms with E-state index in [1.54, 1.807) is 24.4 Å². The fourth-order valence-corrected chi connectivity index (χ4v) is 5.73. The molecule has 0 fully saturated rings. The number of hydrogen-bond acceptors (Lipinski definition) is 5. The first-order chi connectivity index (χ1) is 21.9. The van der Waals surface area contributed by atoms with Crippen LogP contribution in [0, 0.1) is 0 Å². The highest BCUT2D eigenvalue weighted by Gasteiger charge is 2.20. The summed E-state index contributed by atoms with van der Waals surface area (Å²) < 4.78 is 9.31. The monoisotopic (exact) mass is 658 g/mol. The van der Waals surface area contributed by atoms with Gasteiger partial charge in [-0.05, 0) is 66.1 Å². The van der Waals surface area contributed by atoms with Crippen molar-refractivity contribution >= 4 is 39.0 Å². The molecule has 0 bridgehead atoms. The van der Waals surface area contributed by atoms with Crippen molar-refractivity contribution in [2.24, 2.45) is 5.10 Å². The van der Waals surface area contributed by atoms with Crippen LogP contribution in [0.2, 0.25) is 0 Å². The summed E-state index contributed by atoms with van der Waals surface area (Å²) >= 11 is 3.49. The summed E-state index contributed by atoms with van der Waals surface area (Å²) in [5.74, 6) is 0.220. The zero-order valence-corrected chi connectivity index (χ0v) is 26.7. The number of carbonyl (C=O) groups is 1. The van der Waals surface area contributed by atoms with Gasteiger partial charge in [0.2, 0.25) is 0 Å². The lowest BCUT2D eigenvalue weighted by molar-refractivity contribution is 0.0600. The third-order valence-electron chi connectivity index (χ3n) is 7.89. The highest BCUT2D eigenvalue weighted by molar-refractivity contribution is 9.10. The molecule has 0 unspecified atom stereocenters. The van der Waals surface area contributed by atoms with Crippen LogP contribution in [0.4, 0.5) is 0 Å². The molecule has 0 spiro atoms. The smallest absolute Gasteiger partial charge is 0.337 e. The lowest BCUT2D eigenvalue weighted by atomic mass is 10.1. The minimum atomic E-state index is -0.396. The molecule has 8 heteroatoms. The van der Waals surface area contributed by atoms with Gasteiger partial charge in [-0.25, -0.2) is 9.78 Å². The summed E-state index contributed by atoms with van der Waals surface area (Å²) in [5, 5.41) is 5.32. The van der Waals surface area contributed by atoms with Crippen molar-refractivity contribution in [1.29, 1.82) is 0 Å². The molecule has 0 saturated heterocycles. The maximum atomic E-state index is 13.9. The molecule has 0 aliphatic carbocycles. The first-order valence-electron chi connectivity index (χ1n) is 14.7. The molecule has 45 heavy (non-hydrogen) atoms. The Labute approximate surface area is 269 Å². The van der Waals surface area contributed by atoms with Crippen LogP contribution in [-0.2, 0) is 4.74 Å². The van der Waals surface area contributed by atoms with Gasteiger partial charge < -0.3 is 9.30 Å². The maximum absolute atomic E-state index is 13.9. The van der Waals surface area contributed by atoms with Crippen molar-refractivity contribution < 1.29 is 9.53 Å². The highest BCUT2D eigenvalue weighted by Crippen LogP contribution is 2.35. The number of nitrogens with zero attached hydrogens (tertiary/aromatic N) is 4. The number of rotatable bonds is 8. The van der Waals surface area contributed by atoms with Crippen molar-refractivity contribution in [2.75, 3.05) is 7.11 Å². The second kappa shape index (κ2) is 12.9. The van der Waals surface area contributed by atoms with Crippen LogP contribution < -0.4 is 5.56 Å². The zero-order chi connectivity index (χ0) is 31.5. The van der Waals surface area contributed by atoms with Crippen LogP contribution in [0.25, 0.3) is 39.1 Å². The van der Waals surface area contributed by atoms with Crippen molar-refractivity contribution in [3.05, 3.63) is 141 Å². The van der Waals surface area contributed by atoms with Crippen molar-refractivity contribution in [3.63, 3.8) is 0 Å². The van der Waals surface area contributed by atoms with Gasteiger partial charge in [0, 0.05) is 21.6 Å². The average molecular weight is 660 g/mol. The first-order valence-corrected chi connectivity index (χ1v) is 15.5. The van der Waals surface area contributed by atoms with Crippen LogP contribution >= 0.6 is 15.9 Å². The Morgan fingerprint density at radius 2 is 1.60 bits per heavy atom. The Balaban J connectivity index is 1.61. The van der Waals surface area contributed by atoms with E-state index in [1.807, 2.05) is 72.8 Å². The molecule has 1 atom stereocenters. The molecular weight excluding hydrogens is 628 g/mol. The third-order valence-corrected chi connectivity index (χ3v) is 8.39. The van der Waals surface area contributed by atoms with Gasteiger partial charge in [-0.3, -0.25) is 4.79 Å². The quantitative estimate of drug-likeness (QED) is 0.121. The molecule has 6 rings (SSSR count). The largest absolute Gasteiger partial charge is 0.465 e. The van der Waals surface area contributed by atoms with Gasteiger partial charge >= 0.3 is 5.97 Å². The molecule has 0 N–H and O–H groups in total. The number of esters is 1. The van der Waals surface area contributed by atoms with E-state index in [9.17, 15) is 9.59 Å². The number of carbonyl (C=O) groups excluding carboxylic acids is 1. The summed E-state index contributed by atoms with van der Waals surface area (Å²) in [4.78, 5) is 30.9. The molecule has 2 heterocycles. The van der Waals surface area contributed by atoms with E-state index in [0.29, 0.717) is 22.3 Å². The Morgan fingerprint density at radius 1 is 0.933 bits per heavy atom. The standard InChI is InChI=1S/C37H31BrN4O3/c1-4-24(2)35-40-32-20-17-29(38)22-31(32)36(43)42(35)39-23-28-21-33(25-11-7-5-8-12-25)41(34(28)26-13-9-6-10-14-26)30-18-15-27(16-19-30)37(44)45-3/h5-24H,4H2,1-3H3/t24-/m0/s1. The number of fused-ring (bicyclic) bond motifs is 1. The van der Waals surface area contributed by atoms with Gasteiger partial charge in [-0.1, -0.05) is 90.4 Å². The van der Waals surface area contributed by atoms with E-state index in [2.05, 4.69) is 52.5 Å². The van der Waals surface area contributed by atoms with E-state index < -0.39 is 5.97 Å². The first kappa shape index (κ1) is 30.0. The predicted molar refractivity (Wildman–Crippen MR) is 183 cm³/mol. The van der Waals surface area contributed by atoms with Crippen LogP contribution in [0.5, 0.6) is 0 Å². The predicted octanol–water partition coefficient (Wildman–Crippen LogP) is 8.47. The van der Waals surface area contributed by atoms with E-state index in [4.69, 9.17) is 14.8 Å². The topological polar surface area (TPSA) is 78.5 Å².